The van der Waals surface area contributed by atoms with Crippen molar-refractivity contribution in [1.29, 1.82) is 0 Å². The zero-order valence-electron chi connectivity index (χ0n) is 19.2. The maximum absolute atomic E-state index is 13.2. The lowest BCUT2D eigenvalue weighted by Crippen LogP contribution is -2.53. The normalized spacial score (nSPS) is 12.3. The van der Waals surface area contributed by atoms with Crippen LogP contribution in [-0.4, -0.2) is 37.7 Å². The van der Waals surface area contributed by atoms with E-state index in [-0.39, 0.29) is 23.3 Å². The standard InChI is InChI=1S/C25H29N3O5S/c1-19(2)24(25(30)26-16-20-10-5-3-6-11-20)28(18-21-12-9-15-33-21)23(29)17-27-34(31,32)22-13-7-4-8-14-22/h3-15,19,24,27H,16-18H2,1-2H3,(H,26,30). The minimum Gasteiger partial charge on any atom is -0.467 e. The molecule has 0 saturated heterocycles. The molecule has 3 rings (SSSR count). The third-order valence-corrected chi connectivity index (χ3v) is 6.66. The molecule has 2 aromatic carbocycles. The van der Waals surface area contributed by atoms with Gasteiger partial charge in [0.2, 0.25) is 21.8 Å². The molecule has 0 aliphatic rings. The van der Waals surface area contributed by atoms with E-state index >= 15 is 0 Å². The summed E-state index contributed by atoms with van der Waals surface area (Å²) in [4.78, 5) is 27.8. The van der Waals surface area contributed by atoms with E-state index in [1.54, 1.807) is 30.3 Å². The van der Waals surface area contributed by atoms with Crippen LogP contribution in [0.4, 0.5) is 0 Å². The Labute approximate surface area is 200 Å². The van der Waals surface area contributed by atoms with Gasteiger partial charge in [0.05, 0.1) is 24.2 Å². The monoisotopic (exact) mass is 483 g/mol. The Bertz CT molecular complexity index is 1160. The van der Waals surface area contributed by atoms with E-state index in [9.17, 15) is 18.0 Å². The molecule has 9 heteroatoms. The predicted molar refractivity (Wildman–Crippen MR) is 128 cm³/mol. The van der Waals surface area contributed by atoms with Gasteiger partial charge in [-0.2, -0.15) is 0 Å². The van der Waals surface area contributed by atoms with Crippen LogP contribution in [0.5, 0.6) is 0 Å². The van der Waals surface area contributed by atoms with E-state index in [0.717, 1.165) is 5.56 Å². The second kappa shape index (κ2) is 11.6. The summed E-state index contributed by atoms with van der Waals surface area (Å²) in [5.74, 6) is -0.615. The molecule has 0 aliphatic carbocycles. The third kappa shape index (κ3) is 6.79. The fraction of sp³-hybridized carbons (Fsp3) is 0.280. The molecule has 0 fully saturated rings. The molecule has 3 aromatic rings. The molecule has 180 valence electrons. The van der Waals surface area contributed by atoms with Crippen molar-refractivity contribution in [2.24, 2.45) is 5.92 Å². The van der Waals surface area contributed by atoms with Crippen LogP contribution in [0, 0.1) is 5.92 Å². The third-order valence-electron chi connectivity index (χ3n) is 5.24. The van der Waals surface area contributed by atoms with Crippen LogP contribution < -0.4 is 10.0 Å². The van der Waals surface area contributed by atoms with Crippen molar-refractivity contribution < 1.29 is 22.4 Å². The molecule has 0 aliphatic heterocycles. The van der Waals surface area contributed by atoms with Crippen LogP contribution in [0.15, 0.2) is 88.4 Å². The minimum absolute atomic E-state index is 0.0283. The molecular weight excluding hydrogens is 454 g/mol. The van der Waals surface area contributed by atoms with Gasteiger partial charge in [0.25, 0.3) is 0 Å². The van der Waals surface area contributed by atoms with E-state index in [1.807, 2.05) is 44.2 Å². The molecule has 1 unspecified atom stereocenters. The summed E-state index contributed by atoms with van der Waals surface area (Å²) in [5, 5.41) is 2.89. The molecule has 0 bridgehead atoms. The molecule has 8 nitrogen and oxygen atoms in total. The average molecular weight is 484 g/mol. The van der Waals surface area contributed by atoms with E-state index in [1.165, 1.54) is 23.3 Å². The molecule has 0 radical (unpaired) electrons. The van der Waals surface area contributed by atoms with E-state index < -0.39 is 28.5 Å². The lowest BCUT2D eigenvalue weighted by atomic mass is 10.0. The van der Waals surface area contributed by atoms with Gasteiger partial charge in [0.1, 0.15) is 11.8 Å². The number of nitrogens with one attached hydrogen (secondary N) is 2. The molecule has 1 aromatic heterocycles. The van der Waals surface area contributed by atoms with Crippen LogP contribution >= 0.6 is 0 Å². The highest BCUT2D eigenvalue weighted by atomic mass is 32.2. The lowest BCUT2D eigenvalue weighted by molar-refractivity contribution is -0.142. The maximum Gasteiger partial charge on any atom is 0.243 e. The van der Waals surface area contributed by atoms with Crippen LogP contribution in [0.25, 0.3) is 0 Å². The Kier molecular flexibility index (Phi) is 8.61. The van der Waals surface area contributed by atoms with Gasteiger partial charge in [0, 0.05) is 6.54 Å². The summed E-state index contributed by atoms with van der Waals surface area (Å²) >= 11 is 0. The van der Waals surface area contributed by atoms with E-state index in [0.29, 0.717) is 12.3 Å². The Morgan fingerprint density at radius 3 is 2.18 bits per heavy atom. The van der Waals surface area contributed by atoms with Crippen LogP contribution in [0.1, 0.15) is 25.2 Å². The number of rotatable bonds is 11. The van der Waals surface area contributed by atoms with Gasteiger partial charge in [-0.1, -0.05) is 62.4 Å². The smallest absolute Gasteiger partial charge is 0.243 e. The van der Waals surface area contributed by atoms with Crippen molar-refractivity contribution >= 4 is 21.8 Å². The summed E-state index contributed by atoms with van der Waals surface area (Å²) in [5.41, 5.74) is 0.929. The van der Waals surface area contributed by atoms with Crippen LogP contribution in [-0.2, 0) is 32.7 Å². The highest BCUT2D eigenvalue weighted by Gasteiger charge is 2.33. The summed E-state index contributed by atoms with van der Waals surface area (Å²) < 4.78 is 32.9. The summed E-state index contributed by atoms with van der Waals surface area (Å²) in [7, 11) is -3.88. The Morgan fingerprint density at radius 2 is 1.59 bits per heavy atom. The number of sulfonamides is 1. The van der Waals surface area contributed by atoms with Crippen molar-refractivity contribution in [2.75, 3.05) is 6.54 Å². The van der Waals surface area contributed by atoms with Crippen LogP contribution in [0.3, 0.4) is 0 Å². The van der Waals surface area contributed by atoms with Gasteiger partial charge in [-0.05, 0) is 35.7 Å². The van der Waals surface area contributed by atoms with Gasteiger partial charge < -0.3 is 14.6 Å². The predicted octanol–water partition coefficient (Wildman–Crippen LogP) is 2.93. The number of benzene rings is 2. The van der Waals surface area contributed by atoms with Crippen molar-refractivity contribution in [1.82, 2.24) is 14.9 Å². The number of carbonyl (C=O) groups is 2. The number of furan rings is 1. The number of nitrogens with zero attached hydrogens (tertiary/aromatic N) is 1. The first-order valence-electron chi connectivity index (χ1n) is 11.0. The summed E-state index contributed by atoms with van der Waals surface area (Å²) in [6, 6.07) is 19.8. The van der Waals surface area contributed by atoms with Crippen molar-refractivity contribution in [2.45, 2.75) is 37.9 Å². The molecule has 0 saturated carbocycles. The first-order valence-corrected chi connectivity index (χ1v) is 12.4. The number of hydrogen-bond acceptors (Lipinski definition) is 5. The summed E-state index contributed by atoms with van der Waals surface area (Å²) in [6.07, 6.45) is 1.48. The van der Waals surface area contributed by atoms with Gasteiger partial charge in [-0.3, -0.25) is 9.59 Å². The highest BCUT2D eigenvalue weighted by molar-refractivity contribution is 7.89. The molecule has 34 heavy (non-hydrogen) atoms. The molecule has 2 N–H and O–H groups in total. The van der Waals surface area contributed by atoms with E-state index in [2.05, 4.69) is 10.0 Å². The quantitative estimate of drug-likeness (QED) is 0.436. The van der Waals surface area contributed by atoms with Gasteiger partial charge >= 0.3 is 0 Å². The number of amides is 2. The maximum atomic E-state index is 13.2. The van der Waals surface area contributed by atoms with Gasteiger partial charge in [-0.15, -0.1) is 0 Å². The Hall–Kier alpha value is -3.43. The average Bonchev–Trinajstić information content (AvgIpc) is 3.35. The SMILES string of the molecule is CC(C)C(C(=O)NCc1ccccc1)N(Cc1ccco1)C(=O)CNS(=O)(=O)c1ccccc1. The Balaban J connectivity index is 1.78. The van der Waals surface area contributed by atoms with Crippen molar-refractivity contribution in [3.8, 4) is 0 Å². The lowest BCUT2D eigenvalue weighted by Gasteiger charge is -2.33. The number of carbonyl (C=O) groups excluding carboxylic acids is 2. The summed E-state index contributed by atoms with van der Waals surface area (Å²) in [6.45, 7) is 3.52. The largest absolute Gasteiger partial charge is 0.467 e. The second-order valence-corrected chi connectivity index (χ2v) is 9.90. The second-order valence-electron chi connectivity index (χ2n) is 8.13. The highest BCUT2D eigenvalue weighted by Crippen LogP contribution is 2.17. The van der Waals surface area contributed by atoms with Gasteiger partial charge in [-0.25, -0.2) is 13.1 Å². The van der Waals surface area contributed by atoms with Gasteiger partial charge in [0.15, 0.2) is 0 Å². The first kappa shape index (κ1) is 25.2. The fourth-order valence-electron chi connectivity index (χ4n) is 3.55. The topological polar surface area (TPSA) is 109 Å². The first-order chi connectivity index (χ1) is 16.3. The van der Waals surface area contributed by atoms with E-state index in [4.69, 9.17) is 4.42 Å². The van der Waals surface area contributed by atoms with Crippen molar-refractivity contribution in [3.63, 3.8) is 0 Å². The van der Waals surface area contributed by atoms with Crippen molar-refractivity contribution in [3.05, 3.63) is 90.4 Å². The fourth-order valence-corrected chi connectivity index (χ4v) is 4.54. The zero-order chi connectivity index (χ0) is 24.6. The molecule has 0 spiro atoms. The van der Waals surface area contributed by atoms with Crippen LogP contribution in [0.2, 0.25) is 0 Å². The number of hydrogen-bond donors (Lipinski definition) is 2. The zero-order valence-corrected chi connectivity index (χ0v) is 20.0. The molecule has 1 heterocycles. The Morgan fingerprint density at radius 1 is 0.941 bits per heavy atom. The molecular formula is C25H29N3O5S. The molecule has 1 atom stereocenters. The molecule has 2 amide bonds. The minimum atomic E-state index is -3.88.